The number of β-amino-alcohol motifs (C(OH)–C–C–N with tert-alkyl or cyclic N) is 1. The molecule has 2 aromatic heterocycles. The summed E-state index contributed by atoms with van der Waals surface area (Å²) >= 11 is 0. The van der Waals surface area contributed by atoms with Gasteiger partial charge in [0.15, 0.2) is 5.78 Å². The lowest BCUT2D eigenvalue weighted by atomic mass is 9.87. The Labute approximate surface area is 221 Å². The largest absolute Gasteiger partial charge is 0.422 e. The van der Waals surface area contributed by atoms with Crippen LogP contribution in [0.1, 0.15) is 34.3 Å². The van der Waals surface area contributed by atoms with Crippen LogP contribution in [0.15, 0.2) is 73.2 Å². The van der Waals surface area contributed by atoms with E-state index in [0.717, 1.165) is 11.6 Å². The van der Waals surface area contributed by atoms with Crippen molar-refractivity contribution in [3.63, 3.8) is 0 Å². The fourth-order valence-electron chi connectivity index (χ4n) is 5.35. The second-order valence-electron chi connectivity index (χ2n) is 9.99. The van der Waals surface area contributed by atoms with E-state index in [2.05, 4.69) is 4.98 Å². The quantitative estimate of drug-likeness (QED) is 0.180. The number of nitrogens with one attached hydrogen (secondary N) is 1. The molecule has 0 bridgehead atoms. The van der Waals surface area contributed by atoms with Crippen molar-refractivity contribution >= 4 is 22.4 Å². The molecule has 5 rings (SSSR count). The summed E-state index contributed by atoms with van der Waals surface area (Å²) in [6.07, 6.45) is 0.219. The van der Waals surface area contributed by atoms with E-state index in [1.165, 1.54) is 27.8 Å². The maximum absolute atomic E-state index is 14.7. The molecule has 11 heteroatoms. The third-order valence-electron chi connectivity index (χ3n) is 7.48. The Morgan fingerprint density at radius 2 is 1.82 bits per heavy atom. The second-order valence-corrected chi connectivity index (χ2v) is 9.99. The summed E-state index contributed by atoms with van der Waals surface area (Å²) in [6, 6.07) is 14.3. The molecule has 3 heterocycles. The van der Waals surface area contributed by atoms with Crippen molar-refractivity contribution in [1.29, 1.82) is 0 Å². The van der Waals surface area contributed by atoms with Crippen molar-refractivity contribution in [3.8, 4) is 0 Å². The molecule has 1 fully saturated rings. The van der Waals surface area contributed by atoms with E-state index in [1.54, 1.807) is 42.7 Å². The molecule has 0 radical (unpaired) electrons. The van der Waals surface area contributed by atoms with Gasteiger partial charge in [-0.3, -0.25) is 19.8 Å². The van der Waals surface area contributed by atoms with E-state index >= 15 is 0 Å². The van der Waals surface area contributed by atoms with Crippen LogP contribution in [0.2, 0.25) is 0 Å². The van der Waals surface area contributed by atoms with E-state index < -0.39 is 23.2 Å². The van der Waals surface area contributed by atoms with Crippen LogP contribution in [-0.4, -0.2) is 56.1 Å². The highest BCUT2D eigenvalue weighted by molar-refractivity contribution is 5.97. The van der Waals surface area contributed by atoms with Crippen molar-refractivity contribution in [2.24, 2.45) is 5.92 Å². The number of hydrogen-bond donors (Lipinski definition) is 2. The first-order chi connectivity index (χ1) is 18.6. The van der Waals surface area contributed by atoms with Crippen LogP contribution in [0.3, 0.4) is 0 Å². The lowest BCUT2D eigenvalue weighted by molar-refractivity contribution is -0.384. The van der Waals surface area contributed by atoms with Gasteiger partial charge >= 0.3 is 6.18 Å². The summed E-state index contributed by atoms with van der Waals surface area (Å²) in [5.74, 6) is -0.350. The van der Waals surface area contributed by atoms with Gasteiger partial charge in [0, 0.05) is 66.2 Å². The van der Waals surface area contributed by atoms with Crippen molar-refractivity contribution < 1.29 is 28.0 Å². The molecule has 4 aromatic rings. The van der Waals surface area contributed by atoms with Crippen LogP contribution in [-0.2, 0) is 12.1 Å². The van der Waals surface area contributed by atoms with Gasteiger partial charge in [-0.15, -0.1) is 0 Å². The van der Waals surface area contributed by atoms with Gasteiger partial charge in [0.25, 0.3) is 5.69 Å². The number of alkyl halides is 3. The first kappa shape index (κ1) is 26.6. The van der Waals surface area contributed by atoms with Gasteiger partial charge in [0.1, 0.15) is 0 Å². The number of nitro benzene ring substituents is 1. The molecule has 1 atom stereocenters. The summed E-state index contributed by atoms with van der Waals surface area (Å²) < 4.78 is 45.5. The average molecular weight is 541 g/mol. The first-order valence-corrected chi connectivity index (χ1v) is 12.6. The van der Waals surface area contributed by atoms with Crippen LogP contribution in [0.25, 0.3) is 10.9 Å². The van der Waals surface area contributed by atoms with Crippen LogP contribution in [0.5, 0.6) is 0 Å². The molecule has 1 aliphatic heterocycles. The highest BCUT2D eigenvalue weighted by atomic mass is 19.4. The van der Waals surface area contributed by atoms with Crippen LogP contribution >= 0.6 is 0 Å². The number of aliphatic hydroxyl groups is 1. The zero-order valence-corrected chi connectivity index (χ0v) is 20.9. The second kappa shape index (κ2) is 10.3. The number of rotatable bonds is 8. The molecular weight excluding hydrogens is 513 g/mol. The molecule has 1 aliphatic rings. The van der Waals surface area contributed by atoms with Crippen molar-refractivity contribution in [2.45, 2.75) is 31.2 Å². The normalized spacial score (nSPS) is 16.8. The van der Waals surface area contributed by atoms with Gasteiger partial charge in [-0.1, -0.05) is 30.3 Å². The number of non-ortho nitro benzene ring substituents is 1. The molecular formula is C28H27F3N4O4. The Hall–Kier alpha value is -3.96. The molecule has 0 amide bonds. The minimum absolute atomic E-state index is 0.0486. The third-order valence-corrected chi connectivity index (χ3v) is 7.48. The number of ketones is 1. The Kier molecular flexibility index (Phi) is 7.04. The number of benzene rings is 2. The predicted octanol–water partition coefficient (Wildman–Crippen LogP) is 5.27. The highest BCUT2D eigenvalue weighted by Gasteiger charge is 2.57. The number of aromatic nitrogens is 2. The smallest absolute Gasteiger partial charge is 0.375 e. The minimum atomic E-state index is -5.03. The zero-order valence-electron chi connectivity index (χ0n) is 20.9. The number of halogens is 3. The number of piperidine rings is 1. The number of nitrogens with zero attached hydrogens (tertiary/aromatic N) is 3. The van der Waals surface area contributed by atoms with E-state index in [-0.39, 0.29) is 53.5 Å². The predicted molar refractivity (Wildman–Crippen MR) is 138 cm³/mol. The van der Waals surface area contributed by atoms with Gasteiger partial charge in [-0.05, 0) is 43.6 Å². The SMILES string of the molecule is O=C(c1cc[nH]c1)C1CCN(CC(O)(c2cn(Cc3ccccc3)c3cc([N+](=O)[O-])ccc23)C(F)(F)F)CC1. The molecule has 39 heavy (non-hydrogen) atoms. The Morgan fingerprint density at radius 1 is 1.10 bits per heavy atom. The van der Waals surface area contributed by atoms with Crippen LogP contribution in [0, 0.1) is 16.0 Å². The molecule has 1 unspecified atom stereocenters. The molecule has 2 N–H and O–H groups in total. The Morgan fingerprint density at radius 3 is 2.44 bits per heavy atom. The summed E-state index contributed by atoms with van der Waals surface area (Å²) in [4.78, 5) is 27.9. The third kappa shape index (κ3) is 5.19. The number of nitro groups is 1. The molecule has 0 saturated carbocycles. The van der Waals surface area contributed by atoms with E-state index in [1.807, 2.05) is 6.07 Å². The topological polar surface area (TPSA) is 104 Å². The first-order valence-electron chi connectivity index (χ1n) is 12.6. The van der Waals surface area contributed by atoms with E-state index in [0.29, 0.717) is 18.4 Å². The molecule has 8 nitrogen and oxygen atoms in total. The Bertz CT molecular complexity index is 1480. The molecule has 0 aliphatic carbocycles. The van der Waals surface area contributed by atoms with Gasteiger partial charge in [0.2, 0.25) is 5.60 Å². The molecule has 2 aromatic carbocycles. The number of carbonyl (C=O) groups excluding carboxylic acids is 1. The number of carbonyl (C=O) groups is 1. The lowest BCUT2D eigenvalue weighted by Crippen LogP contribution is -2.52. The Balaban J connectivity index is 1.47. The van der Waals surface area contributed by atoms with Crippen LogP contribution < -0.4 is 0 Å². The van der Waals surface area contributed by atoms with E-state index in [4.69, 9.17) is 0 Å². The van der Waals surface area contributed by atoms with Crippen molar-refractivity contribution in [2.75, 3.05) is 19.6 Å². The standard InChI is InChI=1S/C28H27F3N4O4/c29-28(30,31)27(37,18-33-12-9-20(10-13-33)26(36)21-8-11-32-15-21)24-17-34(16-19-4-2-1-3-5-19)25-14-22(35(38)39)6-7-23(24)25/h1-8,11,14-15,17,20,32,37H,9-10,12-13,16,18H2. The monoisotopic (exact) mass is 540 g/mol. The van der Waals surface area contributed by atoms with Crippen LogP contribution in [0.4, 0.5) is 18.9 Å². The van der Waals surface area contributed by atoms with Crippen molar-refractivity contribution in [1.82, 2.24) is 14.5 Å². The zero-order chi connectivity index (χ0) is 27.8. The maximum atomic E-state index is 14.7. The number of aromatic amines is 1. The van der Waals surface area contributed by atoms with E-state index in [9.17, 15) is 33.2 Å². The average Bonchev–Trinajstić information content (AvgIpc) is 3.57. The molecule has 0 spiro atoms. The fourth-order valence-corrected chi connectivity index (χ4v) is 5.35. The highest BCUT2D eigenvalue weighted by Crippen LogP contribution is 2.44. The number of Topliss-reactive ketones (excluding diaryl/α,β-unsaturated/α-hetero) is 1. The number of H-pyrrole nitrogens is 1. The summed E-state index contributed by atoms with van der Waals surface area (Å²) in [6.45, 7) is -0.122. The lowest BCUT2D eigenvalue weighted by Gasteiger charge is -2.38. The van der Waals surface area contributed by atoms with Gasteiger partial charge in [-0.25, -0.2) is 0 Å². The maximum Gasteiger partial charge on any atom is 0.422 e. The summed E-state index contributed by atoms with van der Waals surface area (Å²) in [5, 5.41) is 22.9. The minimum Gasteiger partial charge on any atom is -0.375 e. The summed E-state index contributed by atoms with van der Waals surface area (Å²) in [5.41, 5.74) is -2.30. The molecule has 1 saturated heterocycles. The number of hydrogen-bond acceptors (Lipinski definition) is 5. The van der Waals surface area contributed by atoms with Gasteiger partial charge < -0.3 is 14.7 Å². The van der Waals surface area contributed by atoms with Gasteiger partial charge in [0.05, 0.1) is 10.4 Å². The summed E-state index contributed by atoms with van der Waals surface area (Å²) in [7, 11) is 0. The number of fused-ring (bicyclic) bond motifs is 1. The van der Waals surface area contributed by atoms with Gasteiger partial charge in [-0.2, -0.15) is 13.2 Å². The number of likely N-dealkylation sites (tertiary alicyclic amines) is 1. The van der Waals surface area contributed by atoms with Crippen molar-refractivity contribution in [3.05, 3.63) is 100.0 Å². The molecule has 204 valence electrons. The fraction of sp³-hybridized carbons (Fsp3) is 0.321.